The first-order valence-corrected chi connectivity index (χ1v) is 14.0. The summed E-state index contributed by atoms with van der Waals surface area (Å²) in [6.07, 6.45) is 1.67. The summed E-state index contributed by atoms with van der Waals surface area (Å²) in [4.78, 5) is 36.4. The number of amides is 2. The Labute approximate surface area is 251 Å². The molecule has 0 radical (unpaired) electrons. The highest BCUT2D eigenvalue weighted by Gasteiger charge is 2.34. The molecule has 0 aliphatic carbocycles. The Bertz CT molecular complexity index is 1480. The van der Waals surface area contributed by atoms with Gasteiger partial charge in [0.1, 0.15) is 6.61 Å². The van der Waals surface area contributed by atoms with E-state index in [9.17, 15) is 19.7 Å². The normalized spacial score (nSPS) is 14.0. The van der Waals surface area contributed by atoms with Crippen molar-refractivity contribution in [3.8, 4) is 11.5 Å². The number of hydrogen-bond acceptors (Lipinski definition) is 8. The Kier molecular flexibility index (Phi) is 9.43. The van der Waals surface area contributed by atoms with Crippen molar-refractivity contribution in [1.29, 1.82) is 0 Å². The number of thioether (sulfide) groups is 1. The number of nitro benzene ring substituents is 1. The van der Waals surface area contributed by atoms with Gasteiger partial charge >= 0.3 is 0 Å². The van der Waals surface area contributed by atoms with Crippen molar-refractivity contribution < 1.29 is 24.0 Å². The maximum Gasteiger partial charge on any atom is 0.285 e. The minimum atomic E-state index is -0.494. The molecule has 200 valence electrons. The van der Waals surface area contributed by atoms with Gasteiger partial charge in [-0.25, -0.2) is 0 Å². The topological polar surface area (TPSA) is 111 Å². The van der Waals surface area contributed by atoms with Crippen molar-refractivity contribution in [3.05, 3.63) is 101 Å². The van der Waals surface area contributed by atoms with E-state index in [4.69, 9.17) is 33.3 Å². The molecule has 1 fully saturated rings. The van der Waals surface area contributed by atoms with Crippen LogP contribution >= 0.6 is 58.2 Å². The largest absolute Gasteiger partial charge is 0.490 e. The highest BCUT2D eigenvalue weighted by Crippen LogP contribution is 2.38. The Hall–Kier alpha value is -3.20. The second kappa shape index (κ2) is 12.8. The lowest BCUT2D eigenvalue weighted by Crippen LogP contribution is -2.44. The molecular formula is C26H19ClIN3O6S2. The first-order chi connectivity index (χ1) is 18.7. The van der Waals surface area contributed by atoms with Crippen molar-refractivity contribution in [2.45, 2.75) is 13.5 Å². The molecular weight excluding hydrogens is 677 g/mol. The van der Waals surface area contributed by atoms with Crippen LogP contribution < -0.4 is 14.9 Å². The predicted octanol–water partition coefficient (Wildman–Crippen LogP) is 6.38. The second-order valence-electron chi connectivity index (χ2n) is 7.94. The van der Waals surface area contributed by atoms with Gasteiger partial charge in [-0.2, -0.15) is 5.01 Å². The first-order valence-electron chi connectivity index (χ1n) is 11.3. The highest BCUT2D eigenvalue weighted by molar-refractivity contribution is 14.1. The van der Waals surface area contributed by atoms with Crippen LogP contribution in [-0.4, -0.2) is 32.7 Å². The molecule has 2 amide bonds. The quantitative estimate of drug-likeness (QED) is 0.0904. The van der Waals surface area contributed by atoms with E-state index in [1.54, 1.807) is 48.5 Å². The summed E-state index contributed by atoms with van der Waals surface area (Å²) in [5, 5.41) is 12.4. The number of ether oxygens (including phenoxy) is 2. The Morgan fingerprint density at radius 2 is 1.87 bits per heavy atom. The number of non-ortho nitro benzene ring substituents is 1. The fourth-order valence-corrected chi connectivity index (χ4v) is 5.51. The van der Waals surface area contributed by atoms with Crippen molar-refractivity contribution >= 4 is 86.1 Å². The molecule has 0 aromatic heterocycles. The number of carbonyl (C=O) groups excluding carboxylic acids is 2. The van der Waals surface area contributed by atoms with Crippen LogP contribution in [-0.2, 0) is 11.4 Å². The third-order valence-electron chi connectivity index (χ3n) is 5.27. The van der Waals surface area contributed by atoms with E-state index in [0.717, 1.165) is 25.9 Å². The molecule has 0 bridgehead atoms. The van der Waals surface area contributed by atoms with Crippen molar-refractivity contribution in [3.63, 3.8) is 0 Å². The van der Waals surface area contributed by atoms with E-state index in [0.29, 0.717) is 39.2 Å². The van der Waals surface area contributed by atoms with E-state index >= 15 is 0 Å². The lowest BCUT2D eigenvalue weighted by Gasteiger charge is -2.16. The Balaban J connectivity index is 1.51. The van der Waals surface area contributed by atoms with Crippen LogP contribution in [0.25, 0.3) is 6.08 Å². The van der Waals surface area contributed by atoms with Gasteiger partial charge in [0.25, 0.3) is 17.5 Å². The molecule has 1 N–H and O–H groups in total. The molecule has 13 heteroatoms. The Morgan fingerprint density at radius 1 is 1.18 bits per heavy atom. The summed E-state index contributed by atoms with van der Waals surface area (Å²) in [5.41, 5.74) is 4.31. The monoisotopic (exact) mass is 695 g/mol. The zero-order valence-corrected chi connectivity index (χ0v) is 24.7. The molecule has 39 heavy (non-hydrogen) atoms. The number of nitrogens with zero attached hydrogens (tertiary/aromatic N) is 2. The average Bonchev–Trinajstić information content (AvgIpc) is 3.16. The lowest BCUT2D eigenvalue weighted by atomic mass is 10.1. The van der Waals surface area contributed by atoms with Crippen LogP contribution in [0.3, 0.4) is 0 Å². The molecule has 3 aromatic carbocycles. The molecule has 4 rings (SSSR count). The van der Waals surface area contributed by atoms with Crippen LogP contribution in [0, 0.1) is 13.7 Å². The third kappa shape index (κ3) is 7.06. The van der Waals surface area contributed by atoms with Gasteiger partial charge in [-0.1, -0.05) is 23.4 Å². The molecule has 0 unspecified atom stereocenters. The van der Waals surface area contributed by atoms with Gasteiger partial charge in [0.2, 0.25) is 0 Å². The van der Waals surface area contributed by atoms with E-state index in [1.807, 2.05) is 13.0 Å². The lowest BCUT2D eigenvalue weighted by molar-refractivity contribution is -0.384. The molecule has 0 atom stereocenters. The minimum absolute atomic E-state index is 0.00245. The van der Waals surface area contributed by atoms with Crippen molar-refractivity contribution in [2.75, 3.05) is 6.61 Å². The zero-order valence-electron chi connectivity index (χ0n) is 20.2. The Morgan fingerprint density at radius 3 is 2.51 bits per heavy atom. The number of rotatable bonds is 9. The van der Waals surface area contributed by atoms with Crippen molar-refractivity contribution in [2.24, 2.45) is 0 Å². The number of nitrogens with one attached hydrogen (secondary N) is 1. The molecule has 1 heterocycles. The van der Waals surface area contributed by atoms with Crippen LogP contribution in [0.1, 0.15) is 28.4 Å². The summed E-state index contributed by atoms with van der Waals surface area (Å²) in [6, 6.07) is 15.9. The summed E-state index contributed by atoms with van der Waals surface area (Å²) in [6.45, 7) is 2.40. The number of hydrogen-bond donors (Lipinski definition) is 1. The maximum absolute atomic E-state index is 13.0. The predicted molar refractivity (Wildman–Crippen MR) is 162 cm³/mol. The number of nitro groups is 1. The molecule has 1 aliphatic rings. The van der Waals surface area contributed by atoms with Gasteiger partial charge in [0.15, 0.2) is 15.8 Å². The number of carbonyl (C=O) groups is 2. The van der Waals surface area contributed by atoms with Crippen molar-refractivity contribution in [1.82, 2.24) is 10.4 Å². The summed E-state index contributed by atoms with van der Waals surface area (Å²) in [5.74, 6) is 0.0329. The van der Waals surface area contributed by atoms with Gasteiger partial charge in [-0.3, -0.25) is 25.1 Å². The van der Waals surface area contributed by atoms with E-state index < -0.39 is 16.7 Å². The highest BCUT2D eigenvalue weighted by atomic mass is 127. The van der Waals surface area contributed by atoms with Crippen LogP contribution in [0.15, 0.2) is 65.6 Å². The summed E-state index contributed by atoms with van der Waals surface area (Å²) < 4.78 is 12.7. The van der Waals surface area contributed by atoms with Crippen LogP contribution in [0.5, 0.6) is 11.5 Å². The molecule has 9 nitrogen and oxygen atoms in total. The number of hydrazine groups is 1. The SMILES string of the molecule is CCOc1cc(/C=C2/SC(=S)N(NC(=O)c3ccc(Cl)cc3)C2=O)cc(I)c1OCc1ccc([N+](=O)[O-])cc1. The standard InChI is InChI=1S/C26H19ClIN3O6S2/c1-2-36-21-12-16(11-20(28)23(21)37-14-15-3-9-19(10-4-15)31(34)35)13-22-25(33)30(26(38)39-22)29-24(32)17-5-7-18(27)8-6-17/h3-13H,2,14H2,1H3,(H,29,32)/b22-13+. The first kappa shape index (κ1) is 28.8. The molecule has 0 saturated carbocycles. The van der Waals surface area contributed by atoms with E-state index in [-0.39, 0.29) is 16.6 Å². The smallest absolute Gasteiger partial charge is 0.285 e. The summed E-state index contributed by atoms with van der Waals surface area (Å²) >= 11 is 14.4. The van der Waals surface area contributed by atoms with Gasteiger partial charge in [0.05, 0.1) is 20.0 Å². The molecule has 1 saturated heterocycles. The number of halogens is 2. The van der Waals surface area contributed by atoms with Gasteiger partial charge in [0, 0.05) is 22.7 Å². The van der Waals surface area contributed by atoms with Crippen LogP contribution in [0.4, 0.5) is 5.69 Å². The van der Waals surface area contributed by atoms with E-state index in [2.05, 4.69) is 28.0 Å². The maximum atomic E-state index is 13.0. The zero-order chi connectivity index (χ0) is 28.1. The molecule has 3 aromatic rings. The van der Waals surface area contributed by atoms with Crippen LogP contribution in [0.2, 0.25) is 5.02 Å². The minimum Gasteiger partial charge on any atom is -0.490 e. The summed E-state index contributed by atoms with van der Waals surface area (Å²) in [7, 11) is 0. The number of benzene rings is 3. The molecule has 1 aliphatic heterocycles. The average molecular weight is 696 g/mol. The third-order valence-corrected chi connectivity index (χ3v) is 7.63. The fraction of sp³-hybridized carbons (Fsp3) is 0.115. The molecule has 0 spiro atoms. The van der Waals surface area contributed by atoms with Gasteiger partial charge in [-0.05, 0) is 107 Å². The second-order valence-corrected chi connectivity index (χ2v) is 11.2. The van der Waals surface area contributed by atoms with Gasteiger partial charge in [-0.15, -0.1) is 0 Å². The number of thiocarbonyl (C=S) groups is 1. The fourth-order valence-electron chi connectivity index (χ4n) is 3.43. The van der Waals surface area contributed by atoms with Gasteiger partial charge < -0.3 is 9.47 Å². The van der Waals surface area contributed by atoms with E-state index in [1.165, 1.54) is 12.1 Å².